The summed E-state index contributed by atoms with van der Waals surface area (Å²) in [5, 5.41) is 14.2. The van der Waals surface area contributed by atoms with Gasteiger partial charge in [-0.25, -0.2) is 0 Å². The van der Waals surface area contributed by atoms with Crippen LogP contribution in [0.3, 0.4) is 0 Å². The number of tetrazole rings is 1. The average Bonchev–Trinajstić information content (AvgIpc) is 3.31. The van der Waals surface area contributed by atoms with E-state index in [0.29, 0.717) is 23.7 Å². The van der Waals surface area contributed by atoms with Gasteiger partial charge in [-0.15, -0.1) is 5.10 Å². The van der Waals surface area contributed by atoms with Crippen LogP contribution in [0.2, 0.25) is 0 Å². The summed E-state index contributed by atoms with van der Waals surface area (Å²) in [6, 6.07) is 14.1. The van der Waals surface area contributed by atoms with Gasteiger partial charge in [0.25, 0.3) is 5.91 Å². The summed E-state index contributed by atoms with van der Waals surface area (Å²) in [6.45, 7) is 3.62. The maximum Gasteiger partial charge on any atom is 0.252 e. The lowest BCUT2D eigenvalue weighted by molar-refractivity contribution is 0.0949. The molecule has 7 heteroatoms. The van der Waals surface area contributed by atoms with Gasteiger partial charge in [0, 0.05) is 25.8 Å². The molecule has 0 bridgehead atoms. The summed E-state index contributed by atoms with van der Waals surface area (Å²) < 4.78 is 1.50. The number of fused-ring (bicyclic) bond motifs is 1. The largest absolute Gasteiger partial charge is 0.351 e. The average molecular weight is 336 g/mol. The fourth-order valence-corrected chi connectivity index (χ4v) is 3.34. The van der Waals surface area contributed by atoms with E-state index in [-0.39, 0.29) is 5.91 Å². The first-order valence-corrected chi connectivity index (χ1v) is 8.53. The molecule has 1 atom stereocenters. The van der Waals surface area contributed by atoms with E-state index in [1.165, 1.54) is 16.5 Å². The van der Waals surface area contributed by atoms with Gasteiger partial charge in [-0.2, -0.15) is 4.52 Å². The van der Waals surface area contributed by atoms with Crippen molar-refractivity contribution in [2.45, 2.75) is 12.3 Å². The molecular weight excluding hydrogens is 316 g/mol. The van der Waals surface area contributed by atoms with Crippen LogP contribution in [0.1, 0.15) is 28.3 Å². The van der Waals surface area contributed by atoms with Crippen molar-refractivity contribution in [2.75, 3.05) is 26.2 Å². The summed E-state index contributed by atoms with van der Waals surface area (Å²) in [4.78, 5) is 14.7. The molecule has 1 aliphatic heterocycles. The topological polar surface area (TPSA) is 75.4 Å². The van der Waals surface area contributed by atoms with E-state index in [4.69, 9.17) is 0 Å². The quantitative estimate of drug-likeness (QED) is 0.761. The number of rotatable bonds is 5. The number of amides is 1. The van der Waals surface area contributed by atoms with Gasteiger partial charge in [0.2, 0.25) is 0 Å². The number of carbonyl (C=O) groups excluding carboxylic acids is 1. The first-order valence-electron chi connectivity index (χ1n) is 8.53. The first kappa shape index (κ1) is 15.7. The molecule has 1 aliphatic rings. The number of nitrogens with zero attached hydrogens (tertiary/aromatic N) is 5. The van der Waals surface area contributed by atoms with Gasteiger partial charge < -0.3 is 10.2 Å². The summed E-state index contributed by atoms with van der Waals surface area (Å²) >= 11 is 0. The molecule has 1 fully saturated rings. The molecule has 128 valence electrons. The van der Waals surface area contributed by atoms with Gasteiger partial charge >= 0.3 is 0 Å². The Bertz CT molecular complexity index is 862. The Hall–Kier alpha value is -2.80. The van der Waals surface area contributed by atoms with Crippen LogP contribution in [0.15, 0.2) is 48.7 Å². The van der Waals surface area contributed by atoms with Crippen LogP contribution in [0.4, 0.5) is 0 Å². The first-order chi connectivity index (χ1) is 12.3. The highest BCUT2D eigenvalue weighted by Crippen LogP contribution is 2.26. The van der Waals surface area contributed by atoms with Crippen molar-refractivity contribution in [1.82, 2.24) is 30.3 Å². The van der Waals surface area contributed by atoms with E-state index < -0.39 is 0 Å². The Morgan fingerprint density at radius 2 is 2.08 bits per heavy atom. The Kier molecular flexibility index (Phi) is 4.39. The summed E-state index contributed by atoms with van der Waals surface area (Å²) in [5.74, 6) is 0.496. The standard InChI is InChI=1S/C18H20N6O/c25-18(16-6-7-17-20-21-22-24(17)13-16)19-9-11-23-10-8-15(12-23)14-4-2-1-3-5-14/h1-7,13,15H,8-12H2,(H,19,25)/t15-/m1/s1. The summed E-state index contributed by atoms with van der Waals surface area (Å²) in [6.07, 6.45) is 2.82. The van der Waals surface area contributed by atoms with Crippen LogP contribution in [0, 0.1) is 0 Å². The number of hydrogen-bond acceptors (Lipinski definition) is 5. The minimum Gasteiger partial charge on any atom is -0.351 e. The molecule has 4 rings (SSSR count). The lowest BCUT2D eigenvalue weighted by Crippen LogP contribution is -2.33. The van der Waals surface area contributed by atoms with E-state index in [0.717, 1.165) is 19.6 Å². The third-order valence-electron chi connectivity index (χ3n) is 4.71. The van der Waals surface area contributed by atoms with Gasteiger partial charge in [-0.05, 0) is 47.0 Å². The molecule has 7 nitrogen and oxygen atoms in total. The molecule has 0 saturated carbocycles. The molecular formula is C18H20N6O. The zero-order valence-electron chi connectivity index (χ0n) is 13.9. The van der Waals surface area contributed by atoms with Gasteiger partial charge in [0.15, 0.2) is 5.65 Å². The lowest BCUT2D eigenvalue weighted by Gasteiger charge is -2.16. The van der Waals surface area contributed by atoms with Crippen LogP contribution in [-0.4, -0.2) is 57.0 Å². The highest BCUT2D eigenvalue weighted by molar-refractivity contribution is 5.94. The molecule has 3 heterocycles. The van der Waals surface area contributed by atoms with Crippen LogP contribution < -0.4 is 5.32 Å². The van der Waals surface area contributed by atoms with E-state index >= 15 is 0 Å². The van der Waals surface area contributed by atoms with Crippen molar-refractivity contribution in [3.8, 4) is 0 Å². The second kappa shape index (κ2) is 6.98. The normalized spacial score (nSPS) is 17.8. The molecule has 0 spiro atoms. The Labute approximate surface area is 145 Å². The minimum atomic E-state index is -0.101. The van der Waals surface area contributed by atoms with Crippen molar-refractivity contribution in [3.63, 3.8) is 0 Å². The second-order valence-corrected chi connectivity index (χ2v) is 6.35. The SMILES string of the molecule is O=C(NCCN1CC[C@@H](c2ccccc2)C1)c1ccc2nnnn2c1. The zero-order chi connectivity index (χ0) is 17.1. The Balaban J connectivity index is 1.27. The monoisotopic (exact) mass is 336 g/mol. The number of hydrogen-bond donors (Lipinski definition) is 1. The minimum absolute atomic E-state index is 0.101. The summed E-state index contributed by atoms with van der Waals surface area (Å²) in [7, 11) is 0. The number of aromatic nitrogens is 4. The molecule has 25 heavy (non-hydrogen) atoms. The van der Waals surface area contributed by atoms with Gasteiger partial charge in [-0.1, -0.05) is 30.3 Å². The highest BCUT2D eigenvalue weighted by Gasteiger charge is 2.23. The number of nitrogens with one attached hydrogen (secondary N) is 1. The molecule has 1 saturated heterocycles. The molecule has 2 aromatic heterocycles. The van der Waals surface area contributed by atoms with Gasteiger partial charge in [0.1, 0.15) is 0 Å². The third kappa shape index (κ3) is 3.51. The molecule has 1 N–H and O–H groups in total. The Morgan fingerprint density at radius 3 is 2.96 bits per heavy atom. The van der Waals surface area contributed by atoms with E-state index in [1.54, 1.807) is 18.3 Å². The van der Waals surface area contributed by atoms with Gasteiger partial charge in [0.05, 0.1) is 5.56 Å². The molecule has 0 radical (unpaired) electrons. The number of likely N-dealkylation sites (tertiary alicyclic amines) is 1. The van der Waals surface area contributed by atoms with Crippen molar-refractivity contribution >= 4 is 11.6 Å². The fraction of sp³-hybridized carbons (Fsp3) is 0.333. The molecule has 0 aliphatic carbocycles. The van der Waals surface area contributed by atoms with Gasteiger partial charge in [-0.3, -0.25) is 4.79 Å². The molecule has 3 aromatic rings. The number of benzene rings is 1. The van der Waals surface area contributed by atoms with Crippen molar-refractivity contribution in [1.29, 1.82) is 0 Å². The third-order valence-corrected chi connectivity index (χ3v) is 4.71. The van der Waals surface area contributed by atoms with Crippen LogP contribution in [-0.2, 0) is 0 Å². The maximum absolute atomic E-state index is 12.3. The highest BCUT2D eigenvalue weighted by atomic mass is 16.1. The fourth-order valence-electron chi connectivity index (χ4n) is 3.34. The smallest absolute Gasteiger partial charge is 0.252 e. The lowest BCUT2D eigenvalue weighted by atomic mass is 9.99. The maximum atomic E-state index is 12.3. The Morgan fingerprint density at radius 1 is 1.20 bits per heavy atom. The van der Waals surface area contributed by atoms with E-state index in [2.05, 4.69) is 56.1 Å². The van der Waals surface area contributed by atoms with Crippen molar-refractivity contribution < 1.29 is 4.79 Å². The number of pyridine rings is 1. The predicted octanol–water partition coefficient (Wildman–Crippen LogP) is 1.34. The summed E-state index contributed by atoms with van der Waals surface area (Å²) in [5.41, 5.74) is 2.59. The molecule has 0 unspecified atom stereocenters. The van der Waals surface area contributed by atoms with Crippen molar-refractivity contribution in [3.05, 3.63) is 59.8 Å². The van der Waals surface area contributed by atoms with Crippen LogP contribution >= 0.6 is 0 Å². The second-order valence-electron chi connectivity index (χ2n) is 6.35. The molecule has 1 amide bonds. The predicted molar refractivity (Wildman–Crippen MR) is 93.4 cm³/mol. The van der Waals surface area contributed by atoms with Crippen LogP contribution in [0.25, 0.3) is 5.65 Å². The van der Waals surface area contributed by atoms with Crippen LogP contribution in [0.5, 0.6) is 0 Å². The van der Waals surface area contributed by atoms with Crippen molar-refractivity contribution in [2.24, 2.45) is 0 Å². The molecule has 1 aromatic carbocycles. The number of carbonyl (C=O) groups is 1. The van der Waals surface area contributed by atoms with E-state index in [9.17, 15) is 4.79 Å². The van der Waals surface area contributed by atoms with E-state index in [1.807, 2.05) is 0 Å². The zero-order valence-corrected chi connectivity index (χ0v) is 13.9.